The highest BCUT2D eigenvalue weighted by molar-refractivity contribution is 5.94. The van der Waals surface area contributed by atoms with E-state index in [1.165, 1.54) is 18.4 Å². The molecule has 1 saturated heterocycles. The summed E-state index contributed by atoms with van der Waals surface area (Å²) < 4.78 is 1.79. The highest BCUT2D eigenvalue weighted by atomic mass is 16.2. The summed E-state index contributed by atoms with van der Waals surface area (Å²) in [5.41, 5.74) is 4.66. The number of hydrogen-bond donors (Lipinski definition) is 1. The number of rotatable bonds is 4. The molecule has 1 aromatic heterocycles. The number of carbonyl (C=O) groups is 2. The molecule has 1 N–H and O–H groups in total. The minimum Gasteiger partial charge on any atom is -0.351 e. The molecule has 0 radical (unpaired) electrons. The molecule has 2 aliphatic carbocycles. The minimum atomic E-state index is 0.0106. The van der Waals surface area contributed by atoms with Crippen LogP contribution >= 0.6 is 0 Å². The summed E-state index contributed by atoms with van der Waals surface area (Å²) in [6.07, 6.45) is 8.42. The summed E-state index contributed by atoms with van der Waals surface area (Å²) in [4.78, 5) is 27.0. The molecule has 3 aliphatic rings. The quantitative estimate of drug-likeness (QED) is 0.828. The van der Waals surface area contributed by atoms with Gasteiger partial charge < -0.3 is 10.2 Å². The van der Waals surface area contributed by atoms with Gasteiger partial charge in [-0.25, -0.2) is 0 Å². The van der Waals surface area contributed by atoms with E-state index in [4.69, 9.17) is 0 Å². The van der Waals surface area contributed by atoms with Crippen LogP contribution in [-0.4, -0.2) is 50.6 Å². The summed E-state index contributed by atoms with van der Waals surface area (Å²) in [6, 6.07) is 7.48. The molecule has 2 aromatic rings. The second-order valence-electron chi connectivity index (χ2n) is 7.97. The van der Waals surface area contributed by atoms with E-state index in [1.807, 2.05) is 29.2 Å². The lowest BCUT2D eigenvalue weighted by Crippen LogP contribution is -2.43. The fourth-order valence-corrected chi connectivity index (χ4v) is 4.10. The van der Waals surface area contributed by atoms with E-state index < -0.39 is 0 Å². The Morgan fingerprint density at radius 1 is 1.00 bits per heavy atom. The molecule has 5 rings (SSSR count). The Labute approximate surface area is 163 Å². The molecule has 1 aromatic carbocycles. The Morgan fingerprint density at radius 3 is 2.39 bits per heavy atom. The van der Waals surface area contributed by atoms with E-state index in [0.717, 1.165) is 24.9 Å². The summed E-state index contributed by atoms with van der Waals surface area (Å²) in [7, 11) is 0. The first kappa shape index (κ1) is 17.2. The molecule has 7 heteroatoms. The molecule has 7 nitrogen and oxygen atoms in total. The van der Waals surface area contributed by atoms with Crippen LogP contribution in [0.4, 0.5) is 0 Å². The van der Waals surface area contributed by atoms with Gasteiger partial charge in [0.1, 0.15) is 12.7 Å². The van der Waals surface area contributed by atoms with Crippen LogP contribution in [0.25, 0.3) is 5.69 Å². The molecule has 28 heavy (non-hydrogen) atoms. The lowest BCUT2D eigenvalue weighted by atomic mass is 9.78. The molecule has 2 heterocycles. The van der Waals surface area contributed by atoms with Crippen LogP contribution in [0.2, 0.25) is 0 Å². The monoisotopic (exact) mass is 377 g/mol. The summed E-state index contributed by atoms with van der Waals surface area (Å²) >= 11 is 0. The average Bonchev–Trinajstić information content (AvgIpc) is 3.16. The van der Waals surface area contributed by atoms with Gasteiger partial charge in [-0.1, -0.05) is 11.1 Å². The van der Waals surface area contributed by atoms with Crippen LogP contribution in [0.5, 0.6) is 0 Å². The molecule has 144 valence electrons. The fourth-order valence-electron chi connectivity index (χ4n) is 4.10. The van der Waals surface area contributed by atoms with Gasteiger partial charge in [0.15, 0.2) is 0 Å². The van der Waals surface area contributed by atoms with E-state index in [2.05, 4.69) is 15.5 Å². The van der Waals surface area contributed by atoms with Crippen LogP contribution in [0.15, 0.2) is 48.1 Å². The van der Waals surface area contributed by atoms with Gasteiger partial charge in [0, 0.05) is 36.3 Å². The van der Waals surface area contributed by atoms with Gasteiger partial charge in [-0.15, -0.1) is 10.2 Å². The third-order valence-corrected chi connectivity index (χ3v) is 6.01. The first-order chi connectivity index (χ1) is 13.7. The standard InChI is InChI=1S/C21H23N5O2/c27-20(17-9-16(10-17)14-1-2-14)24-18-7-8-25(11-18)21(28)15-3-5-19(6-4-15)26-12-22-23-13-26/h3-6,12-13,17-18H,1-2,7-11H2,(H,24,27). The van der Waals surface area contributed by atoms with Gasteiger partial charge in [0.25, 0.3) is 5.91 Å². The number of nitrogens with one attached hydrogen (secondary N) is 1. The van der Waals surface area contributed by atoms with Crippen molar-refractivity contribution in [2.75, 3.05) is 13.1 Å². The van der Waals surface area contributed by atoms with Crippen molar-refractivity contribution in [3.63, 3.8) is 0 Å². The van der Waals surface area contributed by atoms with Gasteiger partial charge >= 0.3 is 0 Å². The maximum atomic E-state index is 12.8. The Morgan fingerprint density at radius 2 is 1.71 bits per heavy atom. The third-order valence-electron chi connectivity index (χ3n) is 6.01. The first-order valence-corrected chi connectivity index (χ1v) is 9.92. The largest absolute Gasteiger partial charge is 0.351 e. The van der Waals surface area contributed by atoms with Gasteiger partial charge in [0.05, 0.1) is 0 Å². The zero-order valence-electron chi connectivity index (χ0n) is 15.7. The van der Waals surface area contributed by atoms with Crippen molar-refractivity contribution in [2.45, 2.75) is 38.1 Å². The smallest absolute Gasteiger partial charge is 0.253 e. The molecule has 1 atom stereocenters. The minimum absolute atomic E-state index is 0.0106. The molecule has 1 aliphatic heterocycles. The Balaban J connectivity index is 1.15. The summed E-state index contributed by atoms with van der Waals surface area (Å²) in [5.74, 6) is 0.303. The highest BCUT2D eigenvalue weighted by Crippen LogP contribution is 2.44. The van der Waals surface area contributed by atoms with E-state index >= 15 is 0 Å². The van der Waals surface area contributed by atoms with Crippen LogP contribution in [-0.2, 0) is 4.79 Å². The van der Waals surface area contributed by atoms with Crippen LogP contribution < -0.4 is 5.32 Å². The number of nitrogens with zero attached hydrogens (tertiary/aromatic N) is 4. The second kappa shape index (κ2) is 6.89. The maximum absolute atomic E-state index is 12.8. The van der Waals surface area contributed by atoms with Crippen molar-refractivity contribution in [1.29, 1.82) is 0 Å². The SMILES string of the molecule is O=C(NC1CCN(C(=O)c2ccc(-n3cnnc3)cc2)C1)C1CC(=C2CC2)C1. The number of amides is 2. The van der Waals surface area contributed by atoms with Gasteiger partial charge in [-0.2, -0.15) is 0 Å². The van der Waals surface area contributed by atoms with Crippen molar-refractivity contribution in [1.82, 2.24) is 25.0 Å². The predicted octanol–water partition coefficient (Wildman–Crippen LogP) is 2.10. The van der Waals surface area contributed by atoms with Crippen LogP contribution in [0.1, 0.15) is 42.5 Å². The molecule has 2 amide bonds. The number of allylic oxidation sites excluding steroid dienone is 2. The zero-order valence-corrected chi connectivity index (χ0v) is 15.7. The molecule has 1 unspecified atom stereocenters. The van der Waals surface area contributed by atoms with Crippen LogP contribution in [0, 0.1) is 5.92 Å². The van der Waals surface area contributed by atoms with Crippen molar-refractivity contribution >= 4 is 11.8 Å². The first-order valence-electron chi connectivity index (χ1n) is 9.92. The Hall–Kier alpha value is -2.96. The van der Waals surface area contributed by atoms with Gasteiger partial charge in [0.2, 0.25) is 5.91 Å². The van der Waals surface area contributed by atoms with E-state index in [-0.39, 0.29) is 23.8 Å². The van der Waals surface area contributed by atoms with Gasteiger partial charge in [-0.3, -0.25) is 14.2 Å². The van der Waals surface area contributed by atoms with E-state index in [1.54, 1.807) is 22.8 Å². The fraction of sp³-hybridized carbons (Fsp3) is 0.429. The summed E-state index contributed by atoms with van der Waals surface area (Å²) in [5, 5.41) is 10.7. The lowest BCUT2D eigenvalue weighted by Gasteiger charge is -2.29. The molecular formula is C21H23N5O2. The Kier molecular flexibility index (Phi) is 4.22. The highest BCUT2D eigenvalue weighted by Gasteiger charge is 2.36. The number of aromatic nitrogens is 3. The molecule has 3 fully saturated rings. The van der Waals surface area contributed by atoms with E-state index in [9.17, 15) is 9.59 Å². The predicted molar refractivity (Wildman–Crippen MR) is 103 cm³/mol. The average molecular weight is 377 g/mol. The van der Waals surface area contributed by atoms with Crippen LogP contribution in [0.3, 0.4) is 0 Å². The van der Waals surface area contributed by atoms with Crippen molar-refractivity contribution < 1.29 is 9.59 Å². The lowest BCUT2D eigenvalue weighted by molar-refractivity contribution is -0.126. The molecule has 0 bridgehead atoms. The van der Waals surface area contributed by atoms with Crippen molar-refractivity contribution in [3.05, 3.63) is 53.6 Å². The number of benzene rings is 1. The molecule has 2 saturated carbocycles. The topological polar surface area (TPSA) is 80.1 Å². The number of hydrogen-bond acceptors (Lipinski definition) is 4. The Bertz CT molecular complexity index is 918. The zero-order chi connectivity index (χ0) is 19.1. The maximum Gasteiger partial charge on any atom is 0.253 e. The second-order valence-corrected chi connectivity index (χ2v) is 7.97. The number of likely N-dealkylation sites (tertiary alicyclic amines) is 1. The van der Waals surface area contributed by atoms with Crippen molar-refractivity contribution in [2.24, 2.45) is 5.92 Å². The third kappa shape index (κ3) is 3.32. The van der Waals surface area contributed by atoms with Gasteiger partial charge in [-0.05, 0) is 56.4 Å². The van der Waals surface area contributed by atoms with E-state index in [0.29, 0.717) is 18.7 Å². The van der Waals surface area contributed by atoms with Crippen molar-refractivity contribution in [3.8, 4) is 5.69 Å². The molecule has 0 spiro atoms. The number of carbonyl (C=O) groups excluding carboxylic acids is 2. The normalized spacial score (nSPS) is 23.5. The molecular weight excluding hydrogens is 354 g/mol. The summed E-state index contributed by atoms with van der Waals surface area (Å²) in [6.45, 7) is 1.26.